The molecule has 1 aromatic rings. The Labute approximate surface area is 95.5 Å². The van der Waals surface area contributed by atoms with Crippen LogP contribution in [0.4, 0.5) is 0 Å². The quantitative estimate of drug-likeness (QED) is 0.756. The Bertz CT molecular complexity index is 320. The smallest absolute Gasteiger partial charge is 0.139 e. The van der Waals surface area contributed by atoms with Crippen molar-refractivity contribution in [3.05, 3.63) is 22.4 Å². The van der Waals surface area contributed by atoms with E-state index in [9.17, 15) is 4.79 Å². The van der Waals surface area contributed by atoms with E-state index >= 15 is 0 Å². The molecule has 1 fully saturated rings. The van der Waals surface area contributed by atoms with Crippen molar-refractivity contribution in [2.24, 2.45) is 5.41 Å². The molecular weight excluding hydrogens is 204 g/mol. The second-order valence-corrected chi connectivity index (χ2v) is 5.80. The van der Waals surface area contributed by atoms with Gasteiger partial charge in [-0.05, 0) is 30.7 Å². The third-order valence-electron chi connectivity index (χ3n) is 3.56. The van der Waals surface area contributed by atoms with Gasteiger partial charge in [0.1, 0.15) is 5.78 Å². The van der Waals surface area contributed by atoms with Gasteiger partial charge in [0.2, 0.25) is 0 Å². The standard InChI is InChI=1S/C13H18OS/c1-13(8-2-3-9-13)12(14)7-6-11-5-4-10-15-11/h4-5,10H,2-3,6-9H2,1H3. The first-order valence-electron chi connectivity index (χ1n) is 5.76. The molecule has 0 saturated heterocycles. The van der Waals surface area contributed by atoms with Gasteiger partial charge in [-0.15, -0.1) is 11.3 Å². The number of carbonyl (C=O) groups is 1. The molecule has 1 aliphatic carbocycles. The number of thiophene rings is 1. The highest BCUT2D eigenvalue weighted by Crippen LogP contribution is 2.39. The summed E-state index contributed by atoms with van der Waals surface area (Å²) in [7, 11) is 0. The molecule has 15 heavy (non-hydrogen) atoms. The predicted octanol–water partition coefficient (Wildman–Crippen LogP) is 3.83. The van der Waals surface area contributed by atoms with E-state index < -0.39 is 0 Å². The molecule has 0 atom stereocenters. The molecule has 0 unspecified atom stereocenters. The summed E-state index contributed by atoms with van der Waals surface area (Å²) in [6.45, 7) is 2.15. The van der Waals surface area contributed by atoms with Gasteiger partial charge in [-0.1, -0.05) is 25.8 Å². The van der Waals surface area contributed by atoms with E-state index in [0.29, 0.717) is 5.78 Å². The first kappa shape index (κ1) is 10.9. The normalized spacial score (nSPS) is 19.3. The van der Waals surface area contributed by atoms with Gasteiger partial charge >= 0.3 is 0 Å². The molecular formula is C13H18OS. The van der Waals surface area contributed by atoms with Crippen LogP contribution in [0.5, 0.6) is 0 Å². The fraction of sp³-hybridized carbons (Fsp3) is 0.615. The third-order valence-corrected chi connectivity index (χ3v) is 4.50. The number of rotatable bonds is 4. The van der Waals surface area contributed by atoms with Crippen LogP contribution in [0, 0.1) is 5.41 Å². The number of hydrogen-bond acceptors (Lipinski definition) is 2. The first-order valence-corrected chi connectivity index (χ1v) is 6.64. The molecule has 1 nitrogen and oxygen atoms in total. The maximum atomic E-state index is 12.1. The SMILES string of the molecule is CC1(C(=O)CCc2cccs2)CCCC1. The monoisotopic (exact) mass is 222 g/mol. The molecule has 1 saturated carbocycles. The van der Waals surface area contributed by atoms with E-state index in [1.54, 1.807) is 11.3 Å². The Morgan fingerprint density at radius 3 is 2.80 bits per heavy atom. The summed E-state index contributed by atoms with van der Waals surface area (Å²) in [4.78, 5) is 13.4. The summed E-state index contributed by atoms with van der Waals surface area (Å²) in [5.74, 6) is 0.480. The number of carbonyl (C=O) groups excluding carboxylic acids is 1. The van der Waals surface area contributed by atoms with E-state index in [2.05, 4.69) is 24.4 Å². The Kier molecular flexibility index (Phi) is 3.25. The number of ketones is 1. The van der Waals surface area contributed by atoms with Crippen molar-refractivity contribution in [3.63, 3.8) is 0 Å². The first-order chi connectivity index (χ1) is 7.21. The van der Waals surface area contributed by atoms with Crippen LogP contribution in [0.1, 0.15) is 43.9 Å². The van der Waals surface area contributed by atoms with Crippen LogP contribution in [0.15, 0.2) is 17.5 Å². The molecule has 82 valence electrons. The molecule has 0 bridgehead atoms. The molecule has 0 aliphatic heterocycles. The van der Waals surface area contributed by atoms with Gasteiger partial charge in [-0.3, -0.25) is 4.79 Å². The van der Waals surface area contributed by atoms with Gasteiger partial charge in [0.15, 0.2) is 0 Å². The van der Waals surface area contributed by atoms with Crippen LogP contribution in [0.25, 0.3) is 0 Å². The molecule has 1 heterocycles. The van der Waals surface area contributed by atoms with Crippen LogP contribution in [-0.4, -0.2) is 5.78 Å². The van der Waals surface area contributed by atoms with Gasteiger partial charge < -0.3 is 0 Å². The fourth-order valence-corrected chi connectivity index (χ4v) is 3.14. The van der Waals surface area contributed by atoms with Gasteiger partial charge in [0.25, 0.3) is 0 Å². The van der Waals surface area contributed by atoms with Crippen molar-refractivity contribution in [2.45, 2.75) is 45.4 Å². The van der Waals surface area contributed by atoms with Crippen molar-refractivity contribution >= 4 is 17.1 Å². The highest BCUT2D eigenvalue weighted by molar-refractivity contribution is 7.09. The topological polar surface area (TPSA) is 17.1 Å². The van der Waals surface area contributed by atoms with E-state index in [0.717, 1.165) is 25.7 Å². The average molecular weight is 222 g/mol. The van der Waals surface area contributed by atoms with E-state index in [1.807, 2.05) is 0 Å². The van der Waals surface area contributed by atoms with E-state index in [1.165, 1.54) is 17.7 Å². The molecule has 0 radical (unpaired) electrons. The van der Waals surface area contributed by atoms with Crippen molar-refractivity contribution in [1.29, 1.82) is 0 Å². The summed E-state index contributed by atoms with van der Waals surface area (Å²) in [6.07, 6.45) is 6.36. The number of hydrogen-bond donors (Lipinski definition) is 0. The van der Waals surface area contributed by atoms with Crippen molar-refractivity contribution in [1.82, 2.24) is 0 Å². The maximum Gasteiger partial charge on any atom is 0.139 e. The molecule has 2 heteroatoms. The second-order valence-electron chi connectivity index (χ2n) is 4.77. The second kappa shape index (κ2) is 4.48. The van der Waals surface area contributed by atoms with Gasteiger partial charge in [-0.25, -0.2) is 0 Å². The zero-order chi connectivity index (χ0) is 10.7. The summed E-state index contributed by atoms with van der Waals surface area (Å²) >= 11 is 1.75. The predicted molar refractivity (Wildman–Crippen MR) is 64.2 cm³/mol. The van der Waals surface area contributed by atoms with E-state index in [-0.39, 0.29) is 5.41 Å². The highest BCUT2D eigenvalue weighted by Gasteiger charge is 2.35. The highest BCUT2D eigenvalue weighted by atomic mass is 32.1. The Balaban J connectivity index is 1.87. The zero-order valence-electron chi connectivity index (χ0n) is 9.29. The average Bonchev–Trinajstić information content (AvgIpc) is 2.85. The number of Topliss-reactive ketones (excluding diaryl/α,β-unsaturated/α-hetero) is 1. The van der Waals surface area contributed by atoms with Crippen molar-refractivity contribution in [3.8, 4) is 0 Å². The lowest BCUT2D eigenvalue weighted by Gasteiger charge is -2.21. The lowest BCUT2D eigenvalue weighted by molar-refractivity contribution is -0.127. The van der Waals surface area contributed by atoms with Gasteiger partial charge in [0, 0.05) is 16.7 Å². The molecule has 2 rings (SSSR count). The third kappa shape index (κ3) is 2.49. The largest absolute Gasteiger partial charge is 0.299 e. The van der Waals surface area contributed by atoms with Crippen LogP contribution in [0.3, 0.4) is 0 Å². The minimum atomic E-state index is 0.0112. The number of aryl methyl sites for hydroxylation is 1. The van der Waals surface area contributed by atoms with Crippen LogP contribution in [-0.2, 0) is 11.2 Å². The Morgan fingerprint density at radius 2 is 2.20 bits per heavy atom. The lowest BCUT2D eigenvalue weighted by Crippen LogP contribution is -2.24. The Hall–Kier alpha value is -0.630. The van der Waals surface area contributed by atoms with Crippen molar-refractivity contribution in [2.75, 3.05) is 0 Å². The summed E-state index contributed by atoms with van der Waals surface area (Å²) in [6, 6.07) is 4.18. The van der Waals surface area contributed by atoms with Gasteiger partial charge in [-0.2, -0.15) is 0 Å². The maximum absolute atomic E-state index is 12.1. The fourth-order valence-electron chi connectivity index (χ4n) is 2.43. The molecule has 0 spiro atoms. The van der Waals surface area contributed by atoms with Crippen LogP contribution >= 0.6 is 11.3 Å². The van der Waals surface area contributed by atoms with Gasteiger partial charge in [0.05, 0.1) is 0 Å². The zero-order valence-corrected chi connectivity index (χ0v) is 10.1. The van der Waals surface area contributed by atoms with E-state index in [4.69, 9.17) is 0 Å². The van der Waals surface area contributed by atoms with Crippen LogP contribution in [0.2, 0.25) is 0 Å². The van der Waals surface area contributed by atoms with Crippen LogP contribution < -0.4 is 0 Å². The minimum absolute atomic E-state index is 0.0112. The van der Waals surface area contributed by atoms with Crippen molar-refractivity contribution < 1.29 is 4.79 Å². The molecule has 0 N–H and O–H groups in total. The molecule has 0 amide bonds. The summed E-state index contributed by atoms with van der Waals surface area (Å²) in [5, 5.41) is 2.08. The molecule has 0 aromatic carbocycles. The summed E-state index contributed by atoms with van der Waals surface area (Å²) < 4.78 is 0. The molecule has 1 aromatic heterocycles. The lowest BCUT2D eigenvalue weighted by atomic mass is 9.82. The minimum Gasteiger partial charge on any atom is -0.299 e. The molecule has 1 aliphatic rings. The summed E-state index contributed by atoms with van der Waals surface area (Å²) in [5.41, 5.74) is 0.0112. The Morgan fingerprint density at radius 1 is 1.47 bits per heavy atom.